The molecule has 16 heavy (non-hydrogen) atoms. The molecule has 0 N–H and O–H groups in total. The second kappa shape index (κ2) is 4.41. The fourth-order valence-electron chi connectivity index (χ4n) is 2.96. The van der Waals surface area contributed by atoms with Gasteiger partial charge in [0.2, 0.25) is 0 Å². The summed E-state index contributed by atoms with van der Waals surface area (Å²) in [4.78, 5) is 0. The Hall–Kier alpha value is -0.490. The predicted molar refractivity (Wildman–Crippen MR) is 69.3 cm³/mol. The molecular weight excluding hydrogens is 216 g/mol. The average molecular weight is 235 g/mol. The molecule has 0 heterocycles. The summed E-state index contributed by atoms with van der Waals surface area (Å²) in [5.41, 5.74) is 2.87. The van der Waals surface area contributed by atoms with E-state index in [1.807, 2.05) is 0 Å². The molecule has 0 nitrogen and oxygen atoms in total. The molecule has 86 valence electrons. The Kier molecular flexibility index (Phi) is 2.93. The number of hydrogen-bond acceptors (Lipinski definition) is 0. The lowest BCUT2D eigenvalue weighted by Crippen LogP contribution is -2.05. The van der Waals surface area contributed by atoms with Crippen LogP contribution < -0.4 is 0 Å². The highest BCUT2D eigenvalue weighted by molar-refractivity contribution is 6.31. The zero-order chi connectivity index (χ0) is 11.0. The van der Waals surface area contributed by atoms with Crippen molar-refractivity contribution in [2.75, 3.05) is 0 Å². The molecular formula is C15H19Cl. The van der Waals surface area contributed by atoms with Crippen LogP contribution in [-0.4, -0.2) is 0 Å². The summed E-state index contributed by atoms with van der Waals surface area (Å²) in [6, 6.07) is 6.84. The molecule has 2 fully saturated rings. The fourth-order valence-corrected chi connectivity index (χ4v) is 3.30. The molecule has 0 aromatic heterocycles. The largest absolute Gasteiger partial charge is 0.0840 e. The molecule has 0 aliphatic heterocycles. The maximum absolute atomic E-state index is 6.43. The van der Waals surface area contributed by atoms with E-state index in [9.17, 15) is 0 Å². The molecule has 0 bridgehead atoms. The van der Waals surface area contributed by atoms with Gasteiger partial charge in [0.05, 0.1) is 0 Å². The van der Waals surface area contributed by atoms with E-state index in [4.69, 9.17) is 11.6 Å². The van der Waals surface area contributed by atoms with Gasteiger partial charge in [0.1, 0.15) is 0 Å². The van der Waals surface area contributed by atoms with Crippen molar-refractivity contribution >= 4 is 11.6 Å². The van der Waals surface area contributed by atoms with Gasteiger partial charge in [-0.15, -0.1) is 0 Å². The van der Waals surface area contributed by atoms with Crippen LogP contribution in [0.1, 0.15) is 67.9 Å². The van der Waals surface area contributed by atoms with Crippen LogP contribution in [-0.2, 0) is 0 Å². The molecule has 0 atom stereocenters. The standard InChI is InChI=1S/C15H19Cl/c16-15-10-13(11-6-7-11)8-9-14(15)12-4-2-1-3-5-12/h8-12H,1-7H2. The molecule has 0 amide bonds. The summed E-state index contributed by atoms with van der Waals surface area (Å²) in [6.07, 6.45) is 9.56. The van der Waals surface area contributed by atoms with Crippen molar-refractivity contribution in [1.29, 1.82) is 0 Å². The molecule has 1 heteroatoms. The summed E-state index contributed by atoms with van der Waals surface area (Å²) in [7, 11) is 0. The minimum absolute atomic E-state index is 0.731. The van der Waals surface area contributed by atoms with Crippen molar-refractivity contribution < 1.29 is 0 Å². The van der Waals surface area contributed by atoms with E-state index in [1.54, 1.807) is 0 Å². The SMILES string of the molecule is Clc1cc(C2CC2)ccc1C1CCCCC1. The van der Waals surface area contributed by atoms with Gasteiger partial charge in [0.15, 0.2) is 0 Å². The maximum Gasteiger partial charge on any atom is 0.0443 e. The second-order valence-electron chi connectivity index (χ2n) is 5.39. The van der Waals surface area contributed by atoms with Crippen molar-refractivity contribution in [3.8, 4) is 0 Å². The molecule has 3 rings (SSSR count). The third-order valence-electron chi connectivity index (χ3n) is 4.12. The molecule has 0 unspecified atom stereocenters. The second-order valence-corrected chi connectivity index (χ2v) is 5.80. The first-order valence-corrected chi connectivity index (χ1v) is 7.02. The van der Waals surface area contributed by atoms with Gasteiger partial charge in [-0.05, 0) is 54.7 Å². The lowest BCUT2D eigenvalue weighted by Gasteiger charge is -2.23. The van der Waals surface area contributed by atoms with E-state index in [0.29, 0.717) is 0 Å². The van der Waals surface area contributed by atoms with Gasteiger partial charge in [-0.3, -0.25) is 0 Å². The summed E-state index contributed by atoms with van der Waals surface area (Å²) in [5, 5.41) is 1.02. The molecule has 1 aromatic carbocycles. The van der Waals surface area contributed by atoms with Crippen LogP contribution in [0.4, 0.5) is 0 Å². The van der Waals surface area contributed by atoms with Gasteiger partial charge in [0, 0.05) is 5.02 Å². The molecule has 0 spiro atoms. The summed E-state index contributed by atoms with van der Waals surface area (Å²) < 4.78 is 0. The third kappa shape index (κ3) is 2.13. The lowest BCUT2D eigenvalue weighted by atomic mass is 9.83. The molecule has 0 radical (unpaired) electrons. The van der Waals surface area contributed by atoms with Crippen molar-refractivity contribution in [2.24, 2.45) is 0 Å². The Morgan fingerprint density at radius 1 is 0.875 bits per heavy atom. The number of hydrogen-bond donors (Lipinski definition) is 0. The highest BCUT2D eigenvalue weighted by Crippen LogP contribution is 2.43. The van der Waals surface area contributed by atoms with Gasteiger partial charge in [-0.1, -0.05) is 43.0 Å². The Balaban J connectivity index is 1.83. The summed E-state index contributed by atoms with van der Waals surface area (Å²) >= 11 is 6.43. The zero-order valence-corrected chi connectivity index (χ0v) is 10.5. The Morgan fingerprint density at radius 3 is 2.25 bits per heavy atom. The first-order chi connectivity index (χ1) is 7.84. The van der Waals surface area contributed by atoms with Crippen LogP contribution in [0.25, 0.3) is 0 Å². The van der Waals surface area contributed by atoms with Gasteiger partial charge < -0.3 is 0 Å². The van der Waals surface area contributed by atoms with Crippen molar-refractivity contribution in [2.45, 2.75) is 56.8 Å². The minimum atomic E-state index is 0.731. The molecule has 0 saturated heterocycles. The number of rotatable bonds is 2. The molecule has 2 saturated carbocycles. The number of halogens is 1. The van der Waals surface area contributed by atoms with E-state index in [1.165, 1.54) is 56.1 Å². The molecule has 2 aliphatic rings. The predicted octanol–water partition coefficient (Wildman–Crippen LogP) is 5.27. The minimum Gasteiger partial charge on any atom is -0.0840 e. The quantitative estimate of drug-likeness (QED) is 0.654. The fraction of sp³-hybridized carbons (Fsp3) is 0.600. The summed E-state index contributed by atoms with van der Waals surface area (Å²) in [5.74, 6) is 1.55. The van der Waals surface area contributed by atoms with Gasteiger partial charge in [-0.2, -0.15) is 0 Å². The number of benzene rings is 1. The van der Waals surface area contributed by atoms with Crippen LogP contribution in [0.3, 0.4) is 0 Å². The van der Waals surface area contributed by atoms with E-state index in [-0.39, 0.29) is 0 Å². The summed E-state index contributed by atoms with van der Waals surface area (Å²) in [6.45, 7) is 0. The monoisotopic (exact) mass is 234 g/mol. The van der Waals surface area contributed by atoms with E-state index < -0.39 is 0 Å². The highest BCUT2D eigenvalue weighted by atomic mass is 35.5. The van der Waals surface area contributed by atoms with Crippen molar-refractivity contribution in [1.82, 2.24) is 0 Å². The van der Waals surface area contributed by atoms with Crippen LogP contribution >= 0.6 is 11.6 Å². The first-order valence-electron chi connectivity index (χ1n) is 6.64. The average Bonchev–Trinajstić information content (AvgIpc) is 3.14. The Bertz CT molecular complexity index is 373. The highest BCUT2D eigenvalue weighted by Gasteiger charge is 2.25. The zero-order valence-electron chi connectivity index (χ0n) is 9.71. The third-order valence-corrected chi connectivity index (χ3v) is 4.45. The van der Waals surface area contributed by atoms with Gasteiger partial charge in [-0.25, -0.2) is 0 Å². The Morgan fingerprint density at radius 2 is 1.62 bits per heavy atom. The Labute approximate surface area is 103 Å². The van der Waals surface area contributed by atoms with Crippen LogP contribution in [0.15, 0.2) is 18.2 Å². The van der Waals surface area contributed by atoms with Gasteiger partial charge in [0.25, 0.3) is 0 Å². The van der Waals surface area contributed by atoms with E-state index in [2.05, 4.69) is 18.2 Å². The van der Waals surface area contributed by atoms with Crippen molar-refractivity contribution in [3.05, 3.63) is 34.3 Å². The molecule has 1 aromatic rings. The van der Waals surface area contributed by atoms with Crippen LogP contribution in [0.2, 0.25) is 5.02 Å². The normalized spacial score (nSPS) is 22.3. The van der Waals surface area contributed by atoms with E-state index in [0.717, 1.165) is 16.9 Å². The molecule has 2 aliphatic carbocycles. The maximum atomic E-state index is 6.43. The van der Waals surface area contributed by atoms with Crippen LogP contribution in [0.5, 0.6) is 0 Å². The lowest BCUT2D eigenvalue weighted by molar-refractivity contribution is 0.443. The van der Waals surface area contributed by atoms with Crippen LogP contribution in [0, 0.1) is 0 Å². The van der Waals surface area contributed by atoms with E-state index >= 15 is 0 Å². The van der Waals surface area contributed by atoms with Gasteiger partial charge >= 0.3 is 0 Å². The smallest absolute Gasteiger partial charge is 0.0443 e. The topological polar surface area (TPSA) is 0 Å². The first kappa shape index (κ1) is 10.7. The van der Waals surface area contributed by atoms with Crippen molar-refractivity contribution in [3.63, 3.8) is 0 Å².